The number of amidine groups is 2. The van der Waals surface area contributed by atoms with E-state index in [-0.39, 0.29) is 75.7 Å². The van der Waals surface area contributed by atoms with Crippen LogP contribution in [0.4, 0.5) is 4.79 Å². The summed E-state index contributed by atoms with van der Waals surface area (Å²) in [6, 6.07) is -0.703. The minimum atomic E-state index is -3.04. The Morgan fingerprint density at radius 2 is 2.03 bits per heavy atom. The molecule has 1 saturated heterocycles. The zero-order valence-corrected chi connectivity index (χ0v) is 27.0. The van der Waals surface area contributed by atoms with Crippen LogP contribution in [0.2, 0.25) is 0 Å². The molecule has 3 atom stereocenters. The van der Waals surface area contributed by atoms with E-state index in [0.29, 0.717) is 15.7 Å². The van der Waals surface area contributed by atoms with E-state index in [1.165, 1.54) is 23.5 Å². The monoisotopic (exact) mass is 630 g/mol. The number of β-lactam (4-membered cyclic amide) rings is 1. The van der Waals surface area contributed by atoms with Crippen LogP contribution in [-0.4, -0.2) is 97.9 Å². The zero-order chi connectivity index (χ0) is 28.1. The van der Waals surface area contributed by atoms with E-state index < -0.39 is 39.6 Å². The number of carboxylic acids is 1. The molecule has 3 unspecified atom stereocenters. The van der Waals surface area contributed by atoms with Crippen molar-refractivity contribution in [3.63, 3.8) is 0 Å². The SMILES string of the molecule is CC(C)N=C(NC(C)C)SCC(=O)NC1C(=O)N2C(C(=O)O)=C(CSC3=NNNN3C(=O)S(=O)[O-])CSC12.[Na+]. The Labute approximate surface area is 262 Å². The van der Waals surface area contributed by atoms with Gasteiger partial charge in [0.1, 0.15) is 17.1 Å². The van der Waals surface area contributed by atoms with Crippen molar-refractivity contribution < 1.29 is 62.6 Å². The number of carboxylic acid groups (broad SMARTS) is 1. The minimum absolute atomic E-state index is 0. The zero-order valence-electron chi connectivity index (χ0n) is 21.7. The van der Waals surface area contributed by atoms with Gasteiger partial charge in [-0.25, -0.2) is 10.3 Å². The third-order valence-electron chi connectivity index (χ3n) is 4.90. The molecule has 3 aliphatic rings. The largest absolute Gasteiger partial charge is 1.00 e. The van der Waals surface area contributed by atoms with E-state index in [0.717, 1.165) is 16.7 Å². The van der Waals surface area contributed by atoms with Crippen LogP contribution in [0.15, 0.2) is 21.4 Å². The molecule has 0 aromatic rings. The number of aliphatic carboxylic acids is 1. The van der Waals surface area contributed by atoms with Crippen molar-refractivity contribution >= 4 is 79.7 Å². The fourth-order valence-corrected chi connectivity index (χ4v) is 7.09. The summed E-state index contributed by atoms with van der Waals surface area (Å²) in [7, 11) is 0. The van der Waals surface area contributed by atoms with Gasteiger partial charge in [0.2, 0.25) is 11.1 Å². The van der Waals surface area contributed by atoms with Crippen molar-refractivity contribution in [1.29, 1.82) is 0 Å². The number of amides is 3. The summed E-state index contributed by atoms with van der Waals surface area (Å²) in [5.74, 6) is -1.94. The number of aliphatic imine (C=N–C) groups is 1. The van der Waals surface area contributed by atoms with E-state index in [9.17, 15) is 33.0 Å². The molecule has 0 aliphatic carbocycles. The van der Waals surface area contributed by atoms with Gasteiger partial charge in [0, 0.05) is 34.7 Å². The Bertz CT molecular complexity index is 1120. The van der Waals surface area contributed by atoms with Crippen LogP contribution in [0.3, 0.4) is 0 Å². The van der Waals surface area contributed by atoms with Gasteiger partial charge in [-0.2, -0.15) is 5.01 Å². The quantitative estimate of drug-likeness (QED) is 0.0582. The van der Waals surface area contributed by atoms with Gasteiger partial charge in [-0.05, 0) is 33.3 Å². The normalized spacial score (nSPS) is 21.6. The first-order chi connectivity index (χ1) is 17.9. The van der Waals surface area contributed by atoms with Crippen molar-refractivity contribution in [3.8, 4) is 0 Å². The molecule has 3 rings (SSSR count). The van der Waals surface area contributed by atoms with Crippen LogP contribution in [0.25, 0.3) is 0 Å². The molecule has 0 aromatic heterocycles. The predicted octanol–water partition coefficient (Wildman–Crippen LogP) is -3.45. The molecule has 1 fully saturated rings. The first-order valence-electron chi connectivity index (χ1n) is 11.2. The van der Waals surface area contributed by atoms with Gasteiger partial charge < -0.3 is 20.3 Å². The number of hydrazine groups is 2. The first kappa shape index (κ1) is 33.9. The fourth-order valence-electron chi connectivity index (χ4n) is 3.41. The molecule has 210 valence electrons. The van der Waals surface area contributed by atoms with E-state index in [1.54, 1.807) is 0 Å². The molecule has 0 saturated carbocycles. The Morgan fingerprint density at radius 1 is 1.33 bits per heavy atom. The average Bonchev–Trinajstić information content (AvgIpc) is 3.31. The Balaban J connectivity index is 0.00000533. The molecule has 0 bridgehead atoms. The van der Waals surface area contributed by atoms with Gasteiger partial charge in [0.15, 0.2) is 5.17 Å². The summed E-state index contributed by atoms with van der Waals surface area (Å²) >= 11 is 0.397. The molecule has 3 heterocycles. The number of nitrogens with one attached hydrogen (secondary N) is 4. The summed E-state index contributed by atoms with van der Waals surface area (Å²) in [5.41, 5.74) is 4.71. The maximum absolute atomic E-state index is 12.9. The number of fused-ring (bicyclic) bond motifs is 1. The molecule has 3 amide bonds. The van der Waals surface area contributed by atoms with Crippen LogP contribution in [0.5, 0.6) is 0 Å². The fraction of sp³-hybridized carbons (Fsp3) is 0.579. The number of carbonyl (C=O) groups is 4. The van der Waals surface area contributed by atoms with Crippen molar-refractivity contribution in [2.75, 3.05) is 17.3 Å². The van der Waals surface area contributed by atoms with Crippen molar-refractivity contribution in [2.24, 2.45) is 10.1 Å². The van der Waals surface area contributed by atoms with Gasteiger partial charge in [0.25, 0.3) is 5.91 Å². The van der Waals surface area contributed by atoms with Crippen LogP contribution in [0, 0.1) is 0 Å². The second kappa shape index (κ2) is 15.1. The summed E-state index contributed by atoms with van der Waals surface area (Å²) in [4.78, 5) is 54.8. The summed E-state index contributed by atoms with van der Waals surface area (Å²) in [5, 5.41) is 18.9. The van der Waals surface area contributed by atoms with Crippen LogP contribution >= 0.6 is 35.3 Å². The van der Waals surface area contributed by atoms with E-state index in [4.69, 9.17) is 0 Å². The molecule has 0 radical (unpaired) electrons. The van der Waals surface area contributed by atoms with Gasteiger partial charge in [-0.15, -0.1) is 22.4 Å². The molecular formula is C19H27N8NaO7S4. The number of hydrogen-bond donors (Lipinski definition) is 5. The average molecular weight is 631 g/mol. The smallest absolute Gasteiger partial charge is 0.765 e. The number of rotatable bonds is 8. The number of hydrazone groups is 1. The standard InChI is InChI=1S/C19H28N8O7S4.Na/c1-8(2)20-17(21-9(3)4)36-7-11(28)22-12-14(29)26-13(16(30)31)10(5-35-15(12)26)6-37-18-23-24-25-27(18)19(32)38(33)34;/h8-9,12,15,24-25H,5-7H2,1-4H3,(H,20,21)(H,22,28)(H,30,31)(H,33,34);/q;+1/p-1. The van der Waals surface area contributed by atoms with E-state index in [1.807, 2.05) is 27.7 Å². The Kier molecular flexibility index (Phi) is 13.1. The van der Waals surface area contributed by atoms with Gasteiger partial charge in [0.05, 0.1) is 5.75 Å². The predicted molar refractivity (Wildman–Crippen MR) is 145 cm³/mol. The molecule has 0 aromatic carbocycles. The summed E-state index contributed by atoms with van der Waals surface area (Å²) in [6.07, 6.45) is 0. The first-order valence-corrected chi connectivity index (χ1v) is 15.3. The molecule has 39 heavy (non-hydrogen) atoms. The number of hydrogen-bond acceptors (Lipinski definition) is 13. The molecule has 20 heteroatoms. The third-order valence-corrected chi connectivity index (χ3v) is 8.63. The van der Waals surface area contributed by atoms with Crippen molar-refractivity contribution in [3.05, 3.63) is 11.3 Å². The molecule has 15 nitrogen and oxygen atoms in total. The number of carbonyl (C=O) groups excluding carboxylic acids is 3. The minimum Gasteiger partial charge on any atom is -0.765 e. The second-order valence-corrected chi connectivity index (χ2v) is 12.4. The topological polar surface area (TPSA) is 208 Å². The molecule has 5 N–H and O–H groups in total. The van der Waals surface area contributed by atoms with Gasteiger partial charge >= 0.3 is 40.8 Å². The second-order valence-electron chi connectivity index (χ2n) is 8.57. The number of nitrogens with zero attached hydrogens (tertiary/aromatic N) is 4. The third kappa shape index (κ3) is 8.59. The molecule has 3 aliphatic heterocycles. The Morgan fingerprint density at radius 3 is 2.62 bits per heavy atom. The maximum atomic E-state index is 12.9. The van der Waals surface area contributed by atoms with Crippen molar-refractivity contribution in [2.45, 2.75) is 51.2 Å². The number of thioether (sulfide) groups is 3. The molecule has 0 spiro atoms. The van der Waals surface area contributed by atoms with Crippen LogP contribution in [-0.2, 0) is 25.5 Å². The maximum Gasteiger partial charge on any atom is 1.00 e. The molecular weight excluding hydrogens is 604 g/mol. The Hall–Kier alpha value is -1.32. The van der Waals surface area contributed by atoms with Crippen molar-refractivity contribution in [1.82, 2.24) is 31.6 Å². The van der Waals surface area contributed by atoms with Gasteiger partial charge in [-0.1, -0.05) is 23.5 Å². The van der Waals surface area contributed by atoms with E-state index in [2.05, 4.69) is 31.8 Å². The van der Waals surface area contributed by atoms with Gasteiger partial charge in [-0.3, -0.25) is 28.5 Å². The van der Waals surface area contributed by atoms with Crippen LogP contribution < -0.4 is 51.3 Å². The van der Waals surface area contributed by atoms with E-state index >= 15 is 0 Å². The van der Waals surface area contributed by atoms with Crippen LogP contribution in [0.1, 0.15) is 27.7 Å². The summed E-state index contributed by atoms with van der Waals surface area (Å²) < 4.78 is 21.9. The summed E-state index contributed by atoms with van der Waals surface area (Å²) in [6.45, 7) is 7.75.